The Balaban J connectivity index is 0.000001000. The van der Waals surface area contributed by atoms with Gasteiger partial charge in [-0.3, -0.25) is 0 Å². The Hall–Kier alpha value is 0.0400. The van der Waals surface area contributed by atoms with Crippen LogP contribution in [-0.4, -0.2) is 19.3 Å². The molecular weight excluding hydrogens is 179 g/mol. The third-order valence-corrected chi connectivity index (χ3v) is 1.76. The molecule has 11 heavy (non-hydrogen) atoms. The summed E-state index contributed by atoms with van der Waals surface area (Å²) in [7, 11) is 0. The zero-order chi connectivity index (χ0) is 7.61. The Morgan fingerprint density at radius 3 is 2.18 bits per heavy atom. The summed E-state index contributed by atoms with van der Waals surface area (Å²) in [5.41, 5.74) is 0. The molecule has 1 saturated heterocycles. The van der Waals surface area contributed by atoms with Gasteiger partial charge in [0.2, 0.25) is 0 Å². The van der Waals surface area contributed by atoms with Gasteiger partial charge in [0.15, 0.2) is 0 Å². The molecule has 68 valence electrons. The Morgan fingerprint density at radius 2 is 1.91 bits per heavy atom. The van der Waals surface area contributed by atoms with Crippen molar-refractivity contribution in [2.24, 2.45) is 5.92 Å². The van der Waals surface area contributed by atoms with Crippen LogP contribution in [0.15, 0.2) is 0 Å². The largest absolute Gasteiger partial charge is 0.393 e. The lowest BCUT2D eigenvalue weighted by atomic mass is 9.99. The first-order chi connectivity index (χ1) is 4.61. The van der Waals surface area contributed by atoms with Crippen molar-refractivity contribution in [3.63, 3.8) is 0 Å². The summed E-state index contributed by atoms with van der Waals surface area (Å²) < 4.78 is 35.7. The molecule has 0 amide bonds. The monoisotopic (exact) mass is 189 g/mol. The van der Waals surface area contributed by atoms with E-state index in [0.29, 0.717) is 6.42 Å². The van der Waals surface area contributed by atoms with Crippen LogP contribution in [0.3, 0.4) is 0 Å². The first-order valence-electron chi connectivity index (χ1n) is 3.38. The standard InChI is InChI=1S/C6H10F3N.ClH/c7-6(8,9)5-2-1-3-10-4-5;/h5,10H,1-4H2;1H. The van der Waals surface area contributed by atoms with Gasteiger partial charge in [0.1, 0.15) is 0 Å². The normalized spacial score (nSPS) is 25.9. The molecule has 5 heteroatoms. The van der Waals surface area contributed by atoms with E-state index in [9.17, 15) is 13.2 Å². The molecule has 1 unspecified atom stereocenters. The van der Waals surface area contributed by atoms with Crippen LogP contribution in [0.1, 0.15) is 12.8 Å². The lowest BCUT2D eigenvalue weighted by Crippen LogP contribution is -2.38. The molecule has 0 aliphatic carbocycles. The van der Waals surface area contributed by atoms with E-state index < -0.39 is 12.1 Å². The molecule has 0 saturated carbocycles. The minimum Gasteiger partial charge on any atom is -0.316 e. The fourth-order valence-corrected chi connectivity index (χ4v) is 1.13. The van der Waals surface area contributed by atoms with Crippen LogP contribution in [0.4, 0.5) is 13.2 Å². The number of alkyl halides is 3. The number of hydrogen-bond donors (Lipinski definition) is 1. The molecule has 0 radical (unpaired) electrons. The zero-order valence-corrected chi connectivity index (χ0v) is 6.76. The van der Waals surface area contributed by atoms with Gasteiger partial charge in [-0.05, 0) is 19.4 Å². The van der Waals surface area contributed by atoms with Crippen molar-refractivity contribution in [2.75, 3.05) is 13.1 Å². The van der Waals surface area contributed by atoms with E-state index in [4.69, 9.17) is 0 Å². The fraction of sp³-hybridized carbons (Fsp3) is 1.00. The third kappa shape index (κ3) is 3.29. The van der Waals surface area contributed by atoms with E-state index in [1.54, 1.807) is 0 Å². The first-order valence-corrected chi connectivity index (χ1v) is 3.38. The highest BCUT2D eigenvalue weighted by Crippen LogP contribution is 2.30. The zero-order valence-electron chi connectivity index (χ0n) is 5.95. The van der Waals surface area contributed by atoms with E-state index in [1.807, 2.05) is 0 Å². The molecule has 0 aromatic carbocycles. The number of nitrogens with one attached hydrogen (secondary N) is 1. The average Bonchev–Trinajstić information content (AvgIpc) is 1.88. The summed E-state index contributed by atoms with van der Waals surface area (Å²) in [6, 6.07) is 0. The van der Waals surface area contributed by atoms with Gasteiger partial charge in [-0.25, -0.2) is 0 Å². The van der Waals surface area contributed by atoms with Crippen LogP contribution in [-0.2, 0) is 0 Å². The second-order valence-electron chi connectivity index (χ2n) is 2.58. The molecule has 0 bridgehead atoms. The maximum atomic E-state index is 11.9. The van der Waals surface area contributed by atoms with E-state index in [0.717, 1.165) is 6.54 Å². The van der Waals surface area contributed by atoms with Crippen LogP contribution < -0.4 is 5.32 Å². The molecule has 1 atom stereocenters. The molecule has 0 spiro atoms. The van der Waals surface area contributed by atoms with E-state index >= 15 is 0 Å². The topological polar surface area (TPSA) is 12.0 Å². The smallest absolute Gasteiger partial charge is 0.316 e. The van der Waals surface area contributed by atoms with Crippen molar-refractivity contribution < 1.29 is 13.2 Å². The molecular formula is C6H11ClF3N. The number of halogens is 4. The van der Waals surface area contributed by atoms with E-state index in [2.05, 4.69) is 5.32 Å². The Bertz CT molecular complexity index is 109. The predicted octanol–water partition coefficient (Wildman–Crippen LogP) is 1.97. The van der Waals surface area contributed by atoms with Gasteiger partial charge in [-0.1, -0.05) is 0 Å². The van der Waals surface area contributed by atoms with Crippen LogP contribution in [0, 0.1) is 5.92 Å². The summed E-state index contributed by atoms with van der Waals surface area (Å²) >= 11 is 0. The van der Waals surface area contributed by atoms with Crippen molar-refractivity contribution in [3.05, 3.63) is 0 Å². The molecule has 1 aliphatic rings. The minimum absolute atomic E-state index is 0. The molecule has 1 N–H and O–H groups in total. The molecule has 1 rings (SSSR count). The van der Waals surface area contributed by atoms with Crippen LogP contribution in [0.2, 0.25) is 0 Å². The van der Waals surface area contributed by atoms with Gasteiger partial charge in [0.25, 0.3) is 0 Å². The maximum absolute atomic E-state index is 11.9. The second kappa shape index (κ2) is 4.16. The molecule has 1 aliphatic heterocycles. The summed E-state index contributed by atoms with van der Waals surface area (Å²) in [6.45, 7) is 0.829. The van der Waals surface area contributed by atoms with Gasteiger partial charge in [-0.15, -0.1) is 12.4 Å². The Labute approximate surface area is 69.8 Å². The molecule has 1 heterocycles. The molecule has 1 nitrogen and oxygen atoms in total. The average molecular weight is 190 g/mol. The van der Waals surface area contributed by atoms with Crippen molar-refractivity contribution >= 4 is 12.4 Å². The Kier molecular flexibility index (Phi) is 4.18. The molecule has 1 fully saturated rings. The summed E-state index contributed by atoms with van der Waals surface area (Å²) in [5.74, 6) is -1.11. The lowest BCUT2D eigenvalue weighted by Gasteiger charge is -2.24. The van der Waals surface area contributed by atoms with Gasteiger partial charge >= 0.3 is 6.18 Å². The second-order valence-corrected chi connectivity index (χ2v) is 2.58. The Morgan fingerprint density at radius 1 is 1.27 bits per heavy atom. The highest BCUT2D eigenvalue weighted by molar-refractivity contribution is 5.85. The third-order valence-electron chi connectivity index (χ3n) is 1.76. The predicted molar refractivity (Wildman–Crippen MR) is 38.9 cm³/mol. The van der Waals surface area contributed by atoms with Gasteiger partial charge in [0.05, 0.1) is 5.92 Å². The minimum atomic E-state index is -3.99. The summed E-state index contributed by atoms with van der Waals surface area (Å²) in [5, 5.41) is 2.72. The summed E-state index contributed by atoms with van der Waals surface area (Å²) in [6.07, 6.45) is -3.06. The highest BCUT2D eigenvalue weighted by atomic mass is 35.5. The van der Waals surface area contributed by atoms with Crippen molar-refractivity contribution in [2.45, 2.75) is 19.0 Å². The van der Waals surface area contributed by atoms with Crippen molar-refractivity contribution in [1.82, 2.24) is 5.32 Å². The van der Waals surface area contributed by atoms with Gasteiger partial charge in [-0.2, -0.15) is 13.2 Å². The number of hydrogen-bond acceptors (Lipinski definition) is 1. The fourth-order valence-electron chi connectivity index (χ4n) is 1.13. The first kappa shape index (κ1) is 11.0. The molecule has 0 aromatic heterocycles. The lowest BCUT2D eigenvalue weighted by molar-refractivity contribution is -0.177. The van der Waals surface area contributed by atoms with Crippen molar-refractivity contribution in [1.29, 1.82) is 0 Å². The van der Waals surface area contributed by atoms with Crippen molar-refractivity contribution in [3.8, 4) is 0 Å². The van der Waals surface area contributed by atoms with Gasteiger partial charge in [0, 0.05) is 6.54 Å². The van der Waals surface area contributed by atoms with Crippen LogP contribution in [0.25, 0.3) is 0 Å². The van der Waals surface area contributed by atoms with Crippen LogP contribution >= 0.6 is 12.4 Å². The number of piperidine rings is 1. The van der Waals surface area contributed by atoms with Crippen LogP contribution in [0.5, 0.6) is 0 Å². The van der Waals surface area contributed by atoms with E-state index in [1.165, 1.54) is 0 Å². The number of rotatable bonds is 0. The van der Waals surface area contributed by atoms with Gasteiger partial charge < -0.3 is 5.32 Å². The maximum Gasteiger partial charge on any atom is 0.393 e. The quantitative estimate of drug-likeness (QED) is 0.615. The highest BCUT2D eigenvalue weighted by Gasteiger charge is 2.39. The summed E-state index contributed by atoms with van der Waals surface area (Å²) in [4.78, 5) is 0. The molecule has 0 aromatic rings. The van der Waals surface area contributed by atoms with E-state index in [-0.39, 0.29) is 25.4 Å². The SMILES string of the molecule is Cl.FC(F)(F)C1CCCNC1.